The van der Waals surface area contributed by atoms with Crippen molar-refractivity contribution >= 4 is 33.9 Å². The SMILES string of the molecule is CC[C@@H](C)Oc1ccc(/C=C2/NC(=O)N(CC)C2=O)cc1Br. The first-order valence-corrected chi connectivity index (χ1v) is 8.06. The number of nitrogens with zero attached hydrogens (tertiary/aromatic N) is 1. The molecule has 1 heterocycles. The highest BCUT2D eigenvalue weighted by atomic mass is 79.9. The molecule has 1 aromatic rings. The van der Waals surface area contributed by atoms with E-state index in [9.17, 15) is 9.59 Å². The van der Waals surface area contributed by atoms with Crippen molar-refractivity contribution in [3.05, 3.63) is 33.9 Å². The number of hydrogen-bond acceptors (Lipinski definition) is 3. The lowest BCUT2D eigenvalue weighted by atomic mass is 10.2. The van der Waals surface area contributed by atoms with E-state index in [1.165, 1.54) is 4.90 Å². The van der Waals surface area contributed by atoms with Crippen LogP contribution in [0.3, 0.4) is 0 Å². The Kier molecular flexibility index (Phi) is 5.24. The molecule has 0 radical (unpaired) electrons. The summed E-state index contributed by atoms with van der Waals surface area (Å²) in [5, 5.41) is 2.58. The molecule has 0 saturated carbocycles. The summed E-state index contributed by atoms with van der Waals surface area (Å²) in [6.45, 7) is 6.19. The van der Waals surface area contributed by atoms with E-state index < -0.39 is 0 Å². The van der Waals surface area contributed by atoms with Crippen LogP contribution in [0.1, 0.15) is 32.8 Å². The van der Waals surface area contributed by atoms with Crippen molar-refractivity contribution in [3.8, 4) is 5.75 Å². The number of carbonyl (C=O) groups excluding carboxylic acids is 2. The first kappa shape index (κ1) is 16.5. The molecular formula is C16H19BrN2O3. The second-order valence-corrected chi connectivity index (χ2v) is 5.92. The van der Waals surface area contributed by atoms with Crippen LogP contribution >= 0.6 is 15.9 Å². The van der Waals surface area contributed by atoms with Crippen LogP contribution < -0.4 is 10.1 Å². The number of halogens is 1. The van der Waals surface area contributed by atoms with E-state index in [1.54, 1.807) is 13.0 Å². The Bertz CT molecular complexity index is 628. The predicted octanol–water partition coefficient (Wildman–Crippen LogP) is 3.54. The van der Waals surface area contributed by atoms with Gasteiger partial charge in [-0.3, -0.25) is 9.69 Å². The zero-order valence-electron chi connectivity index (χ0n) is 12.9. The third-order valence-corrected chi connectivity index (χ3v) is 4.07. The summed E-state index contributed by atoms with van der Waals surface area (Å²) in [6.07, 6.45) is 2.72. The minimum absolute atomic E-state index is 0.134. The van der Waals surface area contributed by atoms with Gasteiger partial charge in [-0.15, -0.1) is 0 Å². The highest BCUT2D eigenvalue weighted by molar-refractivity contribution is 9.10. The van der Waals surface area contributed by atoms with Gasteiger partial charge in [-0.1, -0.05) is 13.0 Å². The molecule has 0 aromatic heterocycles. The summed E-state index contributed by atoms with van der Waals surface area (Å²) < 4.78 is 6.59. The van der Waals surface area contributed by atoms with Gasteiger partial charge < -0.3 is 10.1 Å². The molecule has 2 rings (SSSR count). The van der Waals surface area contributed by atoms with Crippen LogP contribution in [0.5, 0.6) is 5.75 Å². The zero-order valence-corrected chi connectivity index (χ0v) is 14.4. The molecule has 1 fully saturated rings. The van der Waals surface area contributed by atoms with E-state index in [2.05, 4.69) is 28.2 Å². The van der Waals surface area contributed by atoms with Gasteiger partial charge in [-0.2, -0.15) is 0 Å². The predicted molar refractivity (Wildman–Crippen MR) is 88.4 cm³/mol. The van der Waals surface area contributed by atoms with Crippen LogP contribution in [0.2, 0.25) is 0 Å². The molecule has 0 aliphatic carbocycles. The van der Waals surface area contributed by atoms with Crippen molar-refractivity contribution in [2.24, 2.45) is 0 Å². The number of hydrogen-bond donors (Lipinski definition) is 1. The average Bonchev–Trinajstić information content (AvgIpc) is 2.75. The summed E-state index contributed by atoms with van der Waals surface area (Å²) in [4.78, 5) is 24.8. The van der Waals surface area contributed by atoms with Crippen molar-refractivity contribution in [3.63, 3.8) is 0 Å². The number of benzene rings is 1. The van der Waals surface area contributed by atoms with E-state index in [4.69, 9.17) is 4.74 Å². The van der Waals surface area contributed by atoms with Gasteiger partial charge in [-0.25, -0.2) is 4.79 Å². The number of urea groups is 1. The highest BCUT2D eigenvalue weighted by Gasteiger charge is 2.31. The van der Waals surface area contributed by atoms with Crippen molar-refractivity contribution in [1.29, 1.82) is 0 Å². The second-order valence-electron chi connectivity index (χ2n) is 5.06. The lowest BCUT2D eigenvalue weighted by Gasteiger charge is -2.14. The molecule has 0 unspecified atom stereocenters. The summed E-state index contributed by atoms with van der Waals surface area (Å²) >= 11 is 3.47. The number of amides is 3. The Morgan fingerprint density at radius 1 is 1.36 bits per heavy atom. The number of imide groups is 1. The van der Waals surface area contributed by atoms with Gasteiger partial charge in [0.25, 0.3) is 5.91 Å². The minimum atomic E-state index is -0.380. The first-order valence-electron chi connectivity index (χ1n) is 7.27. The molecule has 1 N–H and O–H groups in total. The topological polar surface area (TPSA) is 58.6 Å². The number of rotatable bonds is 5. The van der Waals surface area contributed by atoms with Gasteiger partial charge in [0.1, 0.15) is 11.4 Å². The van der Waals surface area contributed by atoms with E-state index in [-0.39, 0.29) is 23.7 Å². The molecule has 1 aromatic carbocycles. The number of carbonyl (C=O) groups is 2. The molecule has 0 spiro atoms. The van der Waals surface area contributed by atoms with Crippen molar-refractivity contribution in [2.45, 2.75) is 33.3 Å². The van der Waals surface area contributed by atoms with E-state index in [0.29, 0.717) is 6.54 Å². The Morgan fingerprint density at radius 3 is 2.64 bits per heavy atom. The summed E-state index contributed by atoms with van der Waals surface area (Å²) in [6, 6.07) is 5.18. The van der Waals surface area contributed by atoms with Gasteiger partial charge in [0.05, 0.1) is 10.6 Å². The fourth-order valence-corrected chi connectivity index (χ4v) is 2.52. The van der Waals surface area contributed by atoms with Crippen LogP contribution in [0, 0.1) is 0 Å². The molecule has 1 atom stereocenters. The maximum atomic E-state index is 12.0. The molecule has 22 heavy (non-hydrogen) atoms. The number of ether oxygens (including phenoxy) is 1. The van der Waals surface area contributed by atoms with Crippen molar-refractivity contribution < 1.29 is 14.3 Å². The Labute approximate surface area is 138 Å². The maximum Gasteiger partial charge on any atom is 0.328 e. The largest absolute Gasteiger partial charge is 0.490 e. The summed E-state index contributed by atoms with van der Waals surface area (Å²) in [5.41, 5.74) is 1.10. The molecule has 1 saturated heterocycles. The molecule has 3 amide bonds. The zero-order chi connectivity index (χ0) is 16.3. The number of nitrogens with one attached hydrogen (secondary N) is 1. The molecule has 1 aliphatic heterocycles. The molecule has 0 bridgehead atoms. The number of likely N-dealkylation sites (N-methyl/N-ethyl adjacent to an activating group) is 1. The first-order chi connectivity index (χ1) is 10.5. The quantitative estimate of drug-likeness (QED) is 0.640. The smallest absolute Gasteiger partial charge is 0.328 e. The monoisotopic (exact) mass is 366 g/mol. The van der Waals surface area contributed by atoms with Gasteiger partial charge in [0.15, 0.2) is 0 Å². The second kappa shape index (κ2) is 6.96. The van der Waals surface area contributed by atoms with E-state index >= 15 is 0 Å². The van der Waals surface area contributed by atoms with Gasteiger partial charge >= 0.3 is 6.03 Å². The van der Waals surface area contributed by atoms with Gasteiger partial charge in [0, 0.05) is 6.54 Å². The lowest BCUT2D eigenvalue weighted by molar-refractivity contribution is -0.122. The van der Waals surface area contributed by atoms with Crippen LogP contribution in [0.25, 0.3) is 6.08 Å². The maximum absolute atomic E-state index is 12.0. The van der Waals surface area contributed by atoms with Gasteiger partial charge in [0.2, 0.25) is 0 Å². The highest BCUT2D eigenvalue weighted by Crippen LogP contribution is 2.28. The summed E-state index contributed by atoms with van der Waals surface area (Å²) in [7, 11) is 0. The van der Waals surface area contributed by atoms with Crippen LogP contribution in [0.4, 0.5) is 4.79 Å². The molecular weight excluding hydrogens is 348 g/mol. The standard InChI is InChI=1S/C16H19BrN2O3/c1-4-10(3)22-14-7-6-11(8-12(14)17)9-13-15(20)19(5-2)16(21)18-13/h6-10H,4-5H2,1-3H3,(H,18,21)/b13-9+/t10-/m1/s1. The van der Waals surface area contributed by atoms with Gasteiger partial charge in [-0.05, 0) is 60.0 Å². The Morgan fingerprint density at radius 2 is 2.09 bits per heavy atom. The lowest BCUT2D eigenvalue weighted by Crippen LogP contribution is -2.30. The van der Waals surface area contributed by atoms with Crippen molar-refractivity contribution in [1.82, 2.24) is 10.2 Å². The fraction of sp³-hybridized carbons (Fsp3) is 0.375. The summed E-state index contributed by atoms with van der Waals surface area (Å²) in [5.74, 6) is 0.456. The molecule has 1 aliphatic rings. The van der Waals surface area contributed by atoms with E-state index in [0.717, 1.165) is 22.2 Å². The Balaban J connectivity index is 2.21. The van der Waals surface area contributed by atoms with Crippen molar-refractivity contribution in [2.75, 3.05) is 6.54 Å². The van der Waals surface area contributed by atoms with Crippen LogP contribution in [-0.2, 0) is 4.79 Å². The minimum Gasteiger partial charge on any atom is -0.490 e. The third-order valence-electron chi connectivity index (χ3n) is 3.45. The fourth-order valence-electron chi connectivity index (χ4n) is 2.03. The van der Waals surface area contributed by atoms with E-state index in [1.807, 2.05) is 25.1 Å². The normalized spacial score (nSPS) is 17.8. The molecule has 118 valence electrons. The average molecular weight is 367 g/mol. The van der Waals surface area contributed by atoms with Crippen LogP contribution in [-0.4, -0.2) is 29.5 Å². The molecule has 6 heteroatoms. The third kappa shape index (κ3) is 3.50. The Hall–Kier alpha value is -1.82. The molecule has 5 nitrogen and oxygen atoms in total. The van der Waals surface area contributed by atoms with Crippen LogP contribution in [0.15, 0.2) is 28.4 Å².